The zero-order valence-corrected chi connectivity index (χ0v) is 8.23. The summed E-state index contributed by atoms with van der Waals surface area (Å²) >= 11 is 3.08. The van der Waals surface area contributed by atoms with E-state index in [1.54, 1.807) is 0 Å². The van der Waals surface area contributed by atoms with E-state index in [0.717, 1.165) is 0 Å². The van der Waals surface area contributed by atoms with Gasteiger partial charge in [-0.1, -0.05) is 22.5 Å². The molecule has 0 spiro atoms. The Hall–Kier alpha value is -0.350. The van der Waals surface area contributed by atoms with Crippen molar-refractivity contribution in [3.05, 3.63) is 11.1 Å². The Morgan fingerprint density at radius 1 is 1.73 bits per heavy atom. The van der Waals surface area contributed by atoms with Crippen LogP contribution in [-0.4, -0.2) is 23.2 Å². The SMILES string of the molecule is C=C(Br)CNC(=O)C(C)(C)O. The number of hydrogen-bond donors (Lipinski definition) is 2. The second-order valence-electron chi connectivity index (χ2n) is 2.76. The van der Waals surface area contributed by atoms with Gasteiger partial charge in [-0.2, -0.15) is 0 Å². The van der Waals surface area contributed by atoms with Crippen LogP contribution >= 0.6 is 15.9 Å². The number of amides is 1. The lowest BCUT2D eigenvalue weighted by molar-refractivity contribution is -0.136. The van der Waals surface area contributed by atoms with Gasteiger partial charge in [0.15, 0.2) is 0 Å². The van der Waals surface area contributed by atoms with Crippen LogP contribution in [0.3, 0.4) is 0 Å². The summed E-state index contributed by atoms with van der Waals surface area (Å²) in [5.74, 6) is -0.405. The average Bonchev–Trinajstić information content (AvgIpc) is 1.80. The van der Waals surface area contributed by atoms with E-state index in [2.05, 4.69) is 27.8 Å². The largest absolute Gasteiger partial charge is 0.381 e. The predicted octanol–water partition coefficient (Wildman–Crippen LogP) is 0.782. The van der Waals surface area contributed by atoms with Gasteiger partial charge in [0.05, 0.1) is 0 Å². The van der Waals surface area contributed by atoms with Gasteiger partial charge < -0.3 is 10.4 Å². The minimum Gasteiger partial charge on any atom is -0.381 e. The fraction of sp³-hybridized carbons (Fsp3) is 0.571. The molecule has 3 nitrogen and oxygen atoms in total. The molecule has 0 heterocycles. The minimum atomic E-state index is -1.32. The molecule has 0 aliphatic rings. The maximum absolute atomic E-state index is 10.9. The minimum absolute atomic E-state index is 0.336. The van der Waals surface area contributed by atoms with E-state index in [1.807, 2.05) is 0 Å². The first-order valence-corrected chi connectivity index (χ1v) is 3.97. The van der Waals surface area contributed by atoms with Crippen molar-refractivity contribution in [2.24, 2.45) is 0 Å². The molecule has 0 aliphatic heterocycles. The smallest absolute Gasteiger partial charge is 0.251 e. The Kier molecular flexibility index (Phi) is 3.75. The summed E-state index contributed by atoms with van der Waals surface area (Å²) in [4.78, 5) is 10.9. The third-order valence-corrected chi connectivity index (χ3v) is 1.28. The molecule has 0 saturated heterocycles. The maximum atomic E-state index is 10.9. The van der Waals surface area contributed by atoms with Crippen molar-refractivity contribution >= 4 is 21.8 Å². The summed E-state index contributed by atoms with van der Waals surface area (Å²) in [7, 11) is 0. The summed E-state index contributed by atoms with van der Waals surface area (Å²) in [6.07, 6.45) is 0. The molecule has 0 fully saturated rings. The van der Waals surface area contributed by atoms with Crippen LogP contribution in [-0.2, 0) is 4.79 Å². The first-order valence-electron chi connectivity index (χ1n) is 3.18. The third-order valence-electron chi connectivity index (χ3n) is 0.996. The molecule has 0 aromatic carbocycles. The second kappa shape index (κ2) is 3.88. The number of halogens is 1. The Labute approximate surface area is 74.6 Å². The van der Waals surface area contributed by atoms with Crippen molar-refractivity contribution in [1.82, 2.24) is 5.32 Å². The van der Waals surface area contributed by atoms with Gasteiger partial charge in [0.2, 0.25) is 0 Å². The standard InChI is InChI=1S/C7H12BrNO2/c1-5(8)4-9-6(10)7(2,3)11/h11H,1,4H2,2-3H3,(H,9,10). The average molecular weight is 222 g/mol. The molecule has 11 heavy (non-hydrogen) atoms. The highest BCUT2D eigenvalue weighted by molar-refractivity contribution is 9.11. The van der Waals surface area contributed by atoms with Gasteiger partial charge in [-0.05, 0) is 13.8 Å². The normalized spacial score (nSPS) is 10.9. The van der Waals surface area contributed by atoms with Crippen molar-refractivity contribution in [1.29, 1.82) is 0 Å². The van der Waals surface area contributed by atoms with Gasteiger partial charge in [0.1, 0.15) is 5.60 Å². The van der Waals surface area contributed by atoms with E-state index >= 15 is 0 Å². The van der Waals surface area contributed by atoms with Crippen LogP contribution in [0, 0.1) is 0 Å². The van der Waals surface area contributed by atoms with Crippen LogP contribution in [0.25, 0.3) is 0 Å². The summed E-state index contributed by atoms with van der Waals surface area (Å²) in [5, 5.41) is 11.6. The number of carbonyl (C=O) groups excluding carboxylic acids is 1. The van der Waals surface area contributed by atoms with Gasteiger partial charge in [0, 0.05) is 11.0 Å². The summed E-state index contributed by atoms with van der Waals surface area (Å²) in [5.41, 5.74) is -1.32. The lowest BCUT2D eigenvalue weighted by atomic mass is 10.1. The Balaban J connectivity index is 3.80. The number of aliphatic hydroxyl groups is 1. The van der Waals surface area contributed by atoms with E-state index in [-0.39, 0.29) is 0 Å². The first kappa shape index (κ1) is 10.7. The Bertz CT molecular complexity index is 172. The highest BCUT2D eigenvalue weighted by atomic mass is 79.9. The maximum Gasteiger partial charge on any atom is 0.251 e. The molecule has 1 amide bonds. The fourth-order valence-electron chi connectivity index (χ4n) is 0.392. The van der Waals surface area contributed by atoms with E-state index < -0.39 is 11.5 Å². The van der Waals surface area contributed by atoms with Crippen molar-refractivity contribution in [2.75, 3.05) is 6.54 Å². The molecule has 0 aliphatic carbocycles. The van der Waals surface area contributed by atoms with Gasteiger partial charge in [0.25, 0.3) is 5.91 Å². The molecule has 2 N–H and O–H groups in total. The lowest BCUT2D eigenvalue weighted by Gasteiger charge is -2.15. The number of nitrogens with one attached hydrogen (secondary N) is 1. The molecular weight excluding hydrogens is 210 g/mol. The number of rotatable bonds is 3. The lowest BCUT2D eigenvalue weighted by Crippen LogP contribution is -2.42. The number of hydrogen-bond acceptors (Lipinski definition) is 2. The Morgan fingerprint density at radius 3 is 2.45 bits per heavy atom. The molecule has 0 radical (unpaired) electrons. The van der Waals surface area contributed by atoms with E-state index in [0.29, 0.717) is 11.0 Å². The monoisotopic (exact) mass is 221 g/mol. The highest BCUT2D eigenvalue weighted by Crippen LogP contribution is 2.02. The van der Waals surface area contributed by atoms with Gasteiger partial charge in [-0.3, -0.25) is 4.79 Å². The molecule has 0 rings (SSSR count). The molecule has 0 saturated carbocycles. The Morgan fingerprint density at radius 2 is 2.18 bits per heavy atom. The quantitative estimate of drug-likeness (QED) is 0.741. The molecule has 4 heteroatoms. The molecule has 0 atom stereocenters. The van der Waals surface area contributed by atoms with Crippen LogP contribution in [0.2, 0.25) is 0 Å². The third kappa shape index (κ3) is 4.98. The summed E-state index contributed by atoms with van der Waals surface area (Å²) in [6.45, 7) is 6.73. The first-order chi connectivity index (χ1) is 4.84. The second-order valence-corrected chi connectivity index (χ2v) is 3.88. The van der Waals surface area contributed by atoms with E-state index in [4.69, 9.17) is 5.11 Å². The molecule has 0 bridgehead atoms. The summed E-state index contributed by atoms with van der Waals surface area (Å²) < 4.78 is 0.676. The van der Waals surface area contributed by atoms with Crippen LogP contribution in [0.5, 0.6) is 0 Å². The topological polar surface area (TPSA) is 49.3 Å². The van der Waals surface area contributed by atoms with Crippen molar-refractivity contribution in [3.8, 4) is 0 Å². The van der Waals surface area contributed by atoms with Gasteiger partial charge >= 0.3 is 0 Å². The van der Waals surface area contributed by atoms with E-state index in [1.165, 1.54) is 13.8 Å². The fourth-order valence-corrected chi connectivity index (χ4v) is 0.533. The molecule has 0 aromatic rings. The van der Waals surface area contributed by atoms with Crippen molar-refractivity contribution in [3.63, 3.8) is 0 Å². The highest BCUT2D eigenvalue weighted by Gasteiger charge is 2.22. The number of carbonyl (C=O) groups is 1. The van der Waals surface area contributed by atoms with Crippen LogP contribution in [0.15, 0.2) is 11.1 Å². The van der Waals surface area contributed by atoms with Crippen LogP contribution in [0.1, 0.15) is 13.8 Å². The van der Waals surface area contributed by atoms with Crippen molar-refractivity contribution in [2.45, 2.75) is 19.4 Å². The summed E-state index contributed by atoms with van der Waals surface area (Å²) in [6, 6.07) is 0. The molecule has 0 unspecified atom stereocenters. The predicted molar refractivity (Wildman–Crippen MR) is 47.4 cm³/mol. The zero-order valence-electron chi connectivity index (χ0n) is 6.65. The van der Waals surface area contributed by atoms with Crippen LogP contribution in [0.4, 0.5) is 0 Å². The van der Waals surface area contributed by atoms with Gasteiger partial charge in [-0.25, -0.2) is 0 Å². The van der Waals surface area contributed by atoms with Gasteiger partial charge in [-0.15, -0.1) is 0 Å². The molecular formula is C7H12BrNO2. The molecule has 0 aromatic heterocycles. The van der Waals surface area contributed by atoms with Crippen molar-refractivity contribution < 1.29 is 9.90 Å². The van der Waals surface area contributed by atoms with Crippen LogP contribution < -0.4 is 5.32 Å². The molecule has 64 valence electrons. The van der Waals surface area contributed by atoms with E-state index in [9.17, 15) is 4.79 Å². The zero-order chi connectivity index (χ0) is 9.07.